The molecule has 4 aromatic carbocycles. The molecule has 174 valence electrons. The van der Waals surface area contributed by atoms with E-state index < -0.39 is 20.2 Å². The molecular weight excluding hydrogens is 466 g/mol. The van der Waals surface area contributed by atoms with Gasteiger partial charge in [-0.05, 0) is 59.0 Å². The molecule has 0 aliphatic rings. The van der Waals surface area contributed by atoms with Crippen LogP contribution in [0, 0.1) is 0 Å². The Bertz CT molecular complexity index is 1480. The lowest BCUT2D eigenvalue weighted by Crippen LogP contribution is -2.08. The second-order valence-electron chi connectivity index (χ2n) is 7.21. The van der Waals surface area contributed by atoms with Gasteiger partial charge in [-0.1, -0.05) is 42.5 Å². The number of nitrogen functional groups attached to an aromatic ring is 1. The number of benzene rings is 4. The quantitative estimate of drug-likeness (QED) is 0.208. The van der Waals surface area contributed by atoms with Crippen molar-refractivity contribution in [1.29, 1.82) is 0 Å². The van der Waals surface area contributed by atoms with Crippen molar-refractivity contribution in [2.24, 2.45) is 0 Å². The Hall–Kier alpha value is -3.18. The van der Waals surface area contributed by atoms with Gasteiger partial charge in [-0.2, -0.15) is 16.8 Å². The molecule has 0 saturated heterocycles. The molecule has 0 aliphatic heterocycles. The van der Waals surface area contributed by atoms with Crippen LogP contribution < -0.4 is 10.5 Å². The third kappa shape index (κ3) is 7.16. The van der Waals surface area contributed by atoms with Crippen LogP contribution in [0.3, 0.4) is 0 Å². The summed E-state index contributed by atoms with van der Waals surface area (Å²) in [6, 6.07) is 22.9. The number of anilines is 1. The summed E-state index contributed by atoms with van der Waals surface area (Å²) in [5, 5.41) is 3.62. The van der Waals surface area contributed by atoms with Crippen LogP contribution >= 0.6 is 0 Å². The molecule has 0 aliphatic carbocycles. The van der Waals surface area contributed by atoms with Gasteiger partial charge in [0.1, 0.15) is 5.75 Å². The fraction of sp³-hybridized carbons (Fsp3) is 0.130. The molecule has 0 heterocycles. The van der Waals surface area contributed by atoms with E-state index in [-0.39, 0.29) is 23.7 Å². The molecule has 4 N–H and O–H groups in total. The summed E-state index contributed by atoms with van der Waals surface area (Å²) in [6.07, 6.45) is 0.240. The van der Waals surface area contributed by atoms with E-state index in [9.17, 15) is 16.8 Å². The Morgan fingerprint density at radius 1 is 0.758 bits per heavy atom. The van der Waals surface area contributed by atoms with E-state index in [1.165, 1.54) is 12.1 Å². The Morgan fingerprint density at radius 2 is 1.45 bits per heavy atom. The fourth-order valence-corrected chi connectivity index (χ4v) is 4.15. The van der Waals surface area contributed by atoms with Gasteiger partial charge >= 0.3 is 0 Å². The van der Waals surface area contributed by atoms with Crippen molar-refractivity contribution >= 4 is 47.5 Å². The zero-order valence-corrected chi connectivity index (χ0v) is 19.1. The molecule has 0 saturated carbocycles. The lowest BCUT2D eigenvalue weighted by atomic mass is 10.1. The molecule has 0 amide bonds. The Kier molecular flexibility index (Phi) is 7.54. The minimum Gasteiger partial charge on any atom is -0.493 e. The van der Waals surface area contributed by atoms with E-state index in [1.807, 2.05) is 48.5 Å². The van der Waals surface area contributed by atoms with Gasteiger partial charge in [-0.15, -0.1) is 0 Å². The van der Waals surface area contributed by atoms with Gasteiger partial charge in [0, 0.05) is 11.1 Å². The van der Waals surface area contributed by atoms with Gasteiger partial charge in [0.15, 0.2) is 0 Å². The van der Waals surface area contributed by atoms with E-state index in [2.05, 4.69) is 0 Å². The number of rotatable bonds is 6. The van der Waals surface area contributed by atoms with Gasteiger partial charge in [0.2, 0.25) is 0 Å². The van der Waals surface area contributed by atoms with Crippen LogP contribution in [0.1, 0.15) is 6.42 Å². The van der Waals surface area contributed by atoms with Gasteiger partial charge in [0.25, 0.3) is 20.2 Å². The maximum absolute atomic E-state index is 10.8. The third-order valence-corrected chi connectivity index (χ3v) is 6.34. The molecule has 0 aromatic heterocycles. The monoisotopic (exact) mass is 489 g/mol. The third-order valence-electron chi connectivity index (χ3n) is 4.69. The second kappa shape index (κ2) is 10.2. The van der Waals surface area contributed by atoms with E-state index in [4.69, 9.17) is 19.6 Å². The molecule has 33 heavy (non-hydrogen) atoms. The standard InChI is InChI=1S/C13H15NO4S.C10H8O3S/c14-11-5-6-12-10(9-11)3-1-4-13(12)18-7-2-8-19(15,16)17;11-14(12,13)10-6-5-8-3-1-2-4-9(8)7-10/h1,3-6,9H,2,7-8,14H2,(H,15,16,17);1-7H,(H,11,12,13). The van der Waals surface area contributed by atoms with Crippen molar-refractivity contribution in [2.45, 2.75) is 11.3 Å². The number of ether oxygens (including phenoxy) is 1. The molecule has 0 unspecified atom stereocenters. The molecule has 4 aromatic rings. The lowest BCUT2D eigenvalue weighted by Gasteiger charge is -2.09. The average Bonchev–Trinajstić information content (AvgIpc) is 2.75. The highest BCUT2D eigenvalue weighted by Crippen LogP contribution is 2.27. The number of fused-ring (bicyclic) bond motifs is 2. The Morgan fingerprint density at radius 3 is 2.15 bits per heavy atom. The predicted molar refractivity (Wildman–Crippen MR) is 129 cm³/mol. The maximum Gasteiger partial charge on any atom is 0.294 e. The topological polar surface area (TPSA) is 144 Å². The summed E-state index contributed by atoms with van der Waals surface area (Å²) in [7, 11) is -8.02. The van der Waals surface area contributed by atoms with Crippen LogP contribution in [0.25, 0.3) is 21.5 Å². The smallest absolute Gasteiger partial charge is 0.294 e. The molecule has 0 spiro atoms. The zero-order chi connectivity index (χ0) is 24.1. The highest BCUT2D eigenvalue weighted by molar-refractivity contribution is 7.86. The highest BCUT2D eigenvalue weighted by Gasteiger charge is 2.09. The van der Waals surface area contributed by atoms with Gasteiger partial charge in [0.05, 0.1) is 17.3 Å². The molecule has 0 radical (unpaired) electrons. The number of hydrogen-bond donors (Lipinski definition) is 3. The predicted octanol–water partition coefficient (Wildman–Crippen LogP) is 4.17. The fourth-order valence-electron chi connectivity index (χ4n) is 3.15. The van der Waals surface area contributed by atoms with Crippen LogP contribution in [-0.4, -0.2) is 38.3 Å². The minimum absolute atomic E-state index is 0.0730. The first-order valence-corrected chi connectivity index (χ1v) is 12.9. The molecule has 8 nitrogen and oxygen atoms in total. The summed E-state index contributed by atoms with van der Waals surface area (Å²) in [5.41, 5.74) is 6.39. The SMILES string of the molecule is Nc1ccc2c(OCCCS(=O)(=O)O)cccc2c1.O=S(=O)(O)c1ccc2ccccc2c1. The van der Waals surface area contributed by atoms with E-state index in [1.54, 1.807) is 18.2 Å². The first kappa shape index (κ1) is 24.5. The van der Waals surface area contributed by atoms with Gasteiger partial charge in [-0.25, -0.2) is 0 Å². The summed E-state index contributed by atoms with van der Waals surface area (Å²) < 4.78 is 65.8. The summed E-state index contributed by atoms with van der Waals surface area (Å²) in [6.45, 7) is 0.225. The first-order valence-electron chi connectivity index (χ1n) is 9.85. The molecule has 4 rings (SSSR count). The van der Waals surface area contributed by atoms with Crippen LogP contribution in [0.5, 0.6) is 5.75 Å². The van der Waals surface area contributed by atoms with Crippen molar-refractivity contribution in [3.05, 3.63) is 78.9 Å². The normalized spacial score (nSPS) is 11.7. The van der Waals surface area contributed by atoms with Crippen LogP contribution in [-0.2, 0) is 20.2 Å². The van der Waals surface area contributed by atoms with Gasteiger partial charge < -0.3 is 10.5 Å². The Labute approximate surface area is 192 Å². The summed E-state index contributed by atoms with van der Waals surface area (Å²) in [4.78, 5) is -0.0730. The van der Waals surface area contributed by atoms with Crippen LogP contribution in [0.4, 0.5) is 5.69 Å². The van der Waals surface area contributed by atoms with Crippen LogP contribution in [0.2, 0.25) is 0 Å². The van der Waals surface area contributed by atoms with Crippen molar-refractivity contribution < 1.29 is 30.7 Å². The maximum atomic E-state index is 10.8. The summed E-state index contributed by atoms with van der Waals surface area (Å²) >= 11 is 0. The van der Waals surface area contributed by atoms with E-state index in [0.29, 0.717) is 11.4 Å². The number of nitrogens with two attached hydrogens (primary N) is 1. The summed E-state index contributed by atoms with van der Waals surface area (Å²) in [5.74, 6) is 0.373. The molecule has 0 bridgehead atoms. The molecule has 0 atom stereocenters. The van der Waals surface area contributed by atoms with Crippen molar-refractivity contribution in [3.63, 3.8) is 0 Å². The molecular formula is C23H23NO7S2. The largest absolute Gasteiger partial charge is 0.493 e. The van der Waals surface area contributed by atoms with Crippen molar-refractivity contribution in [2.75, 3.05) is 18.1 Å². The average molecular weight is 490 g/mol. The minimum atomic E-state index is -4.09. The number of hydrogen-bond acceptors (Lipinski definition) is 6. The Balaban J connectivity index is 0.000000194. The van der Waals surface area contributed by atoms with Crippen molar-refractivity contribution in [3.8, 4) is 5.75 Å². The van der Waals surface area contributed by atoms with E-state index in [0.717, 1.165) is 21.5 Å². The lowest BCUT2D eigenvalue weighted by molar-refractivity contribution is 0.319. The highest BCUT2D eigenvalue weighted by atomic mass is 32.2. The molecule has 10 heteroatoms. The van der Waals surface area contributed by atoms with Crippen molar-refractivity contribution in [1.82, 2.24) is 0 Å². The first-order chi connectivity index (χ1) is 15.5. The van der Waals surface area contributed by atoms with E-state index >= 15 is 0 Å². The van der Waals surface area contributed by atoms with Gasteiger partial charge in [-0.3, -0.25) is 9.11 Å². The second-order valence-corrected chi connectivity index (χ2v) is 10.2. The molecule has 0 fully saturated rings. The van der Waals surface area contributed by atoms with Crippen LogP contribution in [0.15, 0.2) is 83.8 Å². The zero-order valence-electron chi connectivity index (χ0n) is 17.5.